The summed E-state index contributed by atoms with van der Waals surface area (Å²) < 4.78 is 0. The standard InChI is InChI=1S/2C10H16N2O8.Ca.2Na.4H/c2*13-7(14)3-11(4-8(15)16)1-2-12(5-9(17)18)6-10(19)20;;;;;;;/h2*1-6H2,(H,13,14)(H,15,16)(H,17,18)(H,19,20);;;;;;;/q;;+2;2*+1;4*-1. The van der Waals surface area contributed by atoms with Gasteiger partial charge in [-0.25, -0.2) is 0 Å². The molecule has 0 radical (unpaired) electrons. The van der Waals surface area contributed by atoms with Gasteiger partial charge in [0.1, 0.15) is 0 Å². The van der Waals surface area contributed by atoms with Crippen LogP contribution in [0.15, 0.2) is 0 Å². The smallest absolute Gasteiger partial charge is 1.00 e. The Morgan fingerprint density at radius 1 is 0.326 bits per heavy atom. The molecule has 43 heavy (non-hydrogen) atoms. The van der Waals surface area contributed by atoms with Gasteiger partial charge in [-0.3, -0.25) is 58.0 Å². The predicted octanol–water partition coefficient (Wildman–Crippen LogP) is -10.1. The van der Waals surface area contributed by atoms with Crippen molar-refractivity contribution in [2.75, 3.05) is 78.5 Å². The molecule has 0 aliphatic rings. The second-order valence-corrected chi connectivity index (χ2v) is 7.99. The van der Waals surface area contributed by atoms with Crippen molar-refractivity contribution in [3.05, 3.63) is 0 Å². The quantitative estimate of drug-likeness (QED) is 0.0494. The molecule has 0 heterocycles. The Balaban J connectivity index is -0.0000000764. The molecular formula is C20H36CaN4Na2O16. The number of nitrogens with zero attached hydrogens (tertiary/aromatic N) is 4. The third-order valence-electron chi connectivity index (χ3n) is 4.34. The third kappa shape index (κ3) is 37.0. The van der Waals surface area contributed by atoms with Crippen molar-refractivity contribution in [3.8, 4) is 0 Å². The van der Waals surface area contributed by atoms with Gasteiger partial charge in [0, 0.05) is 26.2 Å². The summed E-state index contributed by atoms with van der Waals surface area (Å²) in [5, 5.41) is 68.9. The van der Waals surface area contributed by atoms with Crippen LogP contribution < -0.4 is 59.1 Å². The molecule has 0 unspecified atom stereocenters. The molecule has 0 aliphatic carbocycles. The van der Waals surface area contributed by atoms with Gasteiger partial charge in [-0.2, -0.15) is 0 Å². The fourth-order valence-electron chi connectivity index (χ4n) is 2.95. The topological polar surface area (TPSA) is 311 Å². The van der Waals surface area contributed by atoms with Crippen LogP contribution in [0.2, 0.25) is 0 Å². The van der Waals surface area contributed by atoms with Gasteiger partial charge in [-0.1, -0.05) is 0 Å². The molecule has 0 aromatic carbocycles. The molecule has 0 fully saturated rings. The van der Waals surface area contributed by atoms with E-state index < -0.39 is 100 Å². The van der Waals surface area contributed by atoms with E-state index in [9.17, 15) is 38.4 Å². The minimum absolute atomic E-state index is 0. The zero-order chi connectivity index (χ0) is 31.4. The summed E-state index contributed by atoms with van der Waals surface area (Å²) in [7, 11) is 0. The van der Waals surface area contributed by atoms with E-state index >= 15 is 0 Å². The maximum atomic E-state index is 10.6. The van der Waals surface area contributed by atoms with Gasteiger partial charge in [0.25, 0.3) is 0 Å². The molecule has 0 aliphatic heterocycles. The van der Waals surface area contributed by atoms with Gasteiger partial charge < -0.3 is 46.6 Å². The molecule has 0 aromatic heterocycles. The molecule has 236 valence electrons. The Morgan fingerprint density at radius 3 is 0.488 bits per heavy atom. The average Bonchev–Trinajstić information content (AvgIpc) is 2.72. The Morgan fingerprint density at radius 2 is 0.419 bits per heavy atom. The maximum Gasteiger partial charge on any atom is 2.00 e. The van der Waals surface area contributed by atoms with Crippen molar-refractivity contribution in [2.24, 2.45) is 0 Å². The molecular weight excluding hydrogens is 638 g/mol. The van der Waals surface area contributed by atoms with Crippen LogP contribution in [-0.2, 0) is 38.4 Å². The van der Waals surface area contributed by atoms with Gasteiger partial charge in [0.2, 0.25) is 0 Å². The van der Waals surface area contributed by atoms with Gasteiger partial charge >= 0.3 is 145 Å². The molecule has 0 atom stereocenters. The third-order valence-corrected chi connectivity index (χ3v) is 4.34. The molecule has 0 rings (SSSR count). The number of carbonyl (C=O) groups is 8. The van der Waals surface area contributed by atoms with E-state index in [1.807, 2.05) is 0 Å². The number of carboxylic acids is 8. The van der Waals surface area contributed by atoms with Gasteiger partial charge in [-0.05, 0) is 0 Å². The molecule has 0 saturated heterocycles. The summed E-state index contributed by atoms with van der Waals surface area (Å²) in [4.78, 5) is 88.7. The fourth-order valence-corrected chi connectivity index (χ4v) is 2.95. The summed E-state index contributed by atoms with van der Waals surface area (Å²) in [5.74, 6) is -9.82. The fraction of sp³-hybridized carbons (Fsp3) is 0.600. The van der Waals surface area contributed by atoms with Crippen LogP contribution in [0, 0.1) is 0 Å². The van der Waals surface area contributed by atoms with Crippen molar-refractivity contribution in [2.45, 2.75) is 0 Å². The monoisotopic (exact) mass is 674 g/mol. The average molecular weight is 675 g/mol. The van der Waals surface area contributed by atoms with Crippen LogP contribution in [0.4, 0.5) is 0 Å². The van der Waals surface area contributed by atoms with E-state index in [-0.39, 0.29) is 129 Å². The zero-order valence-electron chi connectivity index (χ0n) is 27.8. The molecule has 0 spiro atoms. The Kier molecular flexibility index (Phi) is 35.4. The van der Waals surface area contributed by atoms with Gasteiger partial charge in [0.05, 0.1) is 52.4 Å². The molecule has 20 nitrogen and oxygen atoms in total. The maximum absolute atomic E-state index is 10.6. The first-order chi connectivity index (χ1) is 18.4. The van der Waals surface area contributed by atoms with Crippen molar-refractivity contribution >= 4 is 85.5 Å². The summed E-state index contributed by atoms with van der Waals surface area (Å²) in [5.41, 5.74) is 0. The minimum atomic E-state index is -1.23. The van der Waals surface area contributed by atoms with E-state index in [1.165, 1.54) is 0 Å². The van der Waals surface area contributed by atoms with E-state index in [1.54, 1.807) is 0 Å². The molecule has 0 saturated carbocycles. The first-order valence-corrected chi connectivity index (χ1v) is 11.0. The van der Waals surface area contributed by atoms with Crippen LogP contribution in [0.5, 0.6) is 0 Å². The van der Waals surface area contributed by atoms with Gasteiger partial charge in [0.15, 0.2) is 0 Å². The summed E-state index contributed by atoms with van der Waals surface area (Å²) in [6, 6.07) is 0. The van der Waals surface area contributed by atoms with Crippen molar-refractivity contribution in [1.29, 1.82) is 0 Å². The van der Waals surface area contributed by atoms with Crippen LogP contribution in [0.3, 0.4) is 0 Å². The summed E-state index contributed by atoms with van der Waals surface area (Å²) in [6.45, 7) is -4.50. The second-order valence-electron chi connectivity index (χ2n) is 7.99. The number of rotatable bonds is 22. The molecule has 0 bridgehead atoms. The van der Waals surface area contributed by atoms with E-state index in [4.69, 9.17) is 40.9 Å². The van der Waals surface area contributed by atoms with Crippen LogP contribution in [0.25, 0.3) is 0 Å². The summed E-state index contributed by atoms with van der Waals surface area (Å²) >= 11 is 0. The molecule has 0 amide bonds. The van der Waals surface area contributed by atoms with Crippen LogP contribution in [-0.4, -0.2) is 224 Å². The summed E-state index contributed by atoms with van der Waals surface area (Å²) in [6.07, 6.45) is 0. The van der Waals surface area contributed by atoms with Crippen molar-refractivity contribution < 1.29 is 144 Å². The van der Waals surface area contributed by atoms with Crippen molar-refractivity contribution in [1.82, 2.24) is 19.6 Å². The van der Waals surface area contributed by atoms with E-state index in [2.05, 4.69) is 0 Å². The molecule has 0 aromatic rings. The van der Waals surface area contributed by atoms with Crippen LogP contribution >= 0.6 is 0 Å². The Labute approximate surface area is 324 Å². The van der Waals surface area contributed by atoms with Gasteiger partial charge in [-0.15, -0.1) is 0 Å². The number of hydrogen-bond acceptors (Lipinski definition) is 12. The number of hydrogen-bond donors (Lipinski definition) is 8. The normalized spacial score (nSPS) is 9.95. The first kappa shape index (κ1) is 51.4. The van der Waals surface area contributed by atoms with E-state index in [0.29, 0.717) is 0 Å². The Bertz CT molecular complexity index is 741. The number of aliphatic carboxylic acids is 8. The van der Waals surface area contributed by atoms with E-state index in [0.717, 1.165) is 19.6 Å². The second kappa shape index (κ2) is 29.6. The zero-order valence-corrected chi connectivity index (χ0v) is 30.0. The minimum Gasteiger partial charge on any atom is -1.00 e. The predicted molar refractivity (Wildman–Crippen MR) is 137 cm³/mol. The first-order valence-electron chi connectivity index (χ1n) is 11.0. The largest absolute Gasteiger partial charge is 2.00 e. The Hall–Kier alpha value is -1.14. The SMILES string of the molecule is O=C(O)CN(CCN(CC(=O)O)CC(=O)O)CC(=O)O.O=C(O)CN(CCN(CC(=O)O)CC(=O)O)CC(=O)O.[Ca+2].[H-].[H-].[H-].[H-].[Na+].[Na+]. The van der Waals surface area contributed by atoms with Crippen LogP contribution in [0.1, 0.15) is 5.71 Å². The molecule has 8 N–H and O–H groups in total. The molecule has 23 heteroatoms. The van der Waals surface area contributed by atoms with Crippen molar-refractivity contribution in [3.63, 3.8) is 0 Å². The number of carboxylic acid groups (broad SMARTS) is 8.